The standard InChI is InChI=1S/C18H23ClN3OPS/c19-11-14-23-24(25)18-16(20-22(24)15-7-2-1-3-8-15)9-6-10-17(18)21-12-4-5-13-21/h1-3,7-8H,4-6,9-14H2/p+1/t24-/m1/s1. The average molecular weight is 397 g/mol. The van der Waals surface area contributed by atoms with Crippen LogP contribution in [-0.4, -0.2) is 31.3 Å². The molecule has 1 aliphatic carbocycles. The van der Waals surface area contributed by atoms with Crippen molar-refractivity contribution in [1.82, 2.24) is 0 Å². The summed E-state index contributed by atoms with van der Waals surface area (Å²) in [5, 5.41) is 6.21. The van der Waals surface area contributed by atoms with Crippen molar-refractivity contribution in [2.75, 3.05) is 30.4 Å². The Bertz CT molecular complexity index is 746. The van der Waals surface area contributed by atoms with Crippen LogP contribution in [0.4, 0.5) is 5.69 Å². The van der Waals surface area contributed by atoms with Gasteiger partial charge >= 0.3 is 0 Å². The van der Waals surface area contributed by atoms with Crippen molar-refractivity contribution in [3.63, 3.8) is 0 Å². The molecule has 0 unspecified atom stereocenters. The number of likely N-dealkylation sites (tertiary alicyclic amines) is 1. The molecule has 4 nitrogen and oxygen atoms in total. The summed E-state index contributed by atoms with van der Waals surface area (Å²) < 4.78 is 8.30. The Balaban J connectivity index is 1.82. The van der Waals surface area contributed by atoms with Crippen molar-refractivity contribution in [3.8, 4) is 0 Å². The second-order valence-corrected chi connectivity index (χ2v) is 10.7. The van der Waals surface area contributed by atoms with Crippen LogP contribution in [0.3, 0.4) is 0 Å². The topological polar surface area (TPSA) is 29.3 Å². The molecule has 1 atom stereocenters. The SMILES string of the molecule is S=[P@]1(OCCCl)C2=C([NH+]3CCCC3)CCCC2=NN1c1ccccc1. The number of alkyl halides is 1. The summed E-state index contributed by atoms with van der Waals surface area (Å²) in [6, 6.07) is 10.2. The van der Waals surface area contributed by atoms with E-state index in [-0.39, 0.29) is 0 Å². The molecule has 1 N–H and O–H groups in total. The minimum Gasteiger partial charge on any atom is -0.328 e. The zero-order valence-corrected chi connectivity index (χ0v) is 16.8. The number of hydrogen-bond acceptors (Lipinski definition) is 3. The van der Waals surface area contributed by atoms with Crippen LogP contribution in [0.2, 0.25) is 0 Å². The van der Waals surface area contributed by atoms with Crippen molar-refractivity contribution in [2.24, 2.45) is 5.10 Å². The Kier molecular flexibility index (Phi) is 5.30. The smallest absolute Gasteiger partial charge is 0.213 e. The predicted octanol–water partition coefficient (Wildman–Crippen LogP) is 3.50. The van der Waals surface area contributed by atoms with Gasteiger partial charge in [0.2, 0.25) is 6.42 Å². The third kappa shape index (κ3) is 3.22. The van der Waals surface area contributed by atoms with Crippen LogP contribution in [0.5, 0.6) is 0 Å². The molecule has 0 amide bonds. The quantitative estimate of drug-likeness (QED) is 0.610. The largest absolute Gasteiger partial charge is 0.328 e. The number of quaternary nitrogens is 1. The fourth-order valence-electron chi connectivity index (χ4n) is 4.04. The molecule has 0 radical (unpaired) electrons. The van der Waals surface area contributed by atoms with E-state index in [2.05, 4.69) is 12.1 Å². The summed E-state index contributed by atoms with van der Waals surface area (Å²) in [7, 11) is 0. The van der Waals surface area contributed by atoms with Crippen LogP contribution >= 0.6 is 18.0 Å². The Hall–Kier alpha value is -0.710. The van der Waals surface area contributed by atoms with E-state index in [4.69, 9.17) is 33.0 Å². The number of allylic oxidation sites excluding steroid dienone is 2. The van der Waals surface area contributed by atoms with Gasteiger partial charge in [0.1, 0.15) is 11.0 Å². The summed E-state index contributed by atoms with van der Waals surface area (Å²) in [6.45, 7) is 2.89. The first-order valence-electron chi connectivity index (χ1n) is 9.07. The zero-order valence-electron chi connectivity index (χ0n) is 14.3. The zero-order chi connectivity index (χ0) is 17.3. The number of nitrogens with zero attached hydrogens (tertiary/aromatic N) is 2. The van der Waals surface area contributed by atoms with E-state index in [0.717, 1.165) is 30.7 Å². The minimum atomic E-state index is -2.42. The van der Waals surface area contributed by atoms with Crippen LogP contribution in [-0.2, 0) is 16.3 Å². The lowest BCUT2D eigenvalue weighted by atomic mass is 10.0. The van der Waals surface area contributed by atoms with Gasteiger partial charge in [-0.3, -0.25) is 0 Å². The third-order valence-corrected chi connectivity index (χ3v) is 9.04. The van der Waals surface area contributed by atoms with Crippen molar-refractivity contribution in [1.29, 1.82) is 0 Å². The van der Waals surface area contributed by atoms with Gasteiger partial charge in [-0.25, -0.2) is 4.78 Å². The number of benzene rings is 1. The summed E-state index contributed by atoms with van der Waals surface area (Å²) in [4.78, 5) is 1.60. The molecule has 2 aliphatic heterocycles. The maximum absolute atomic E-state index is 6.30. The fourth-order valence-corrected chi connectivity index (χ4v) is 8.01. The summed E-state index contributed by atoms with van der Waals surface area (Å²) >= 11 is 12.2. The maximum atomic E-state index is 6.30. The van der Waals surface area contributed by atoms with Crippen LogP contribution < -0.4 is 9.68 Å². The Labute approximate surface area is 159 Å². The molecule has 0 bridgehead atoms. The van der Waals surface area contributed by atoms with Crippen molar-refractivity contribution >= 4 is 41.2 Å². The summed E-state index contributed by atoms with van der Waals surface area (Å²) in [5.41, 5.74) is 3.65. The highest BCUT2D eigenvalue weighted by Gasteiger charge is 2.46. The lowest BCUT2D eigenvalue weighted by molar-refractivity contribution is -0.849. The van der Waals surface area contributed by atoms with Gasteiger partial charge in [-0.1, -0.05) is 18.2 Å². The van der Waals surface area contributed by atoms with E-state index in [9.17, 15) is 0 Å². The van der Waals surface area contributed by atoms with E-state index in [1.54, 1.807) is 4.90 Å². The molecule has 2 heterocycles. The monoisotopic (exact) mass is 396 g/mol. The van der Waals surface area contributed by atoms with Crippen LogP contribution in [0.15, 0.2) is 46.4 Å². The first-order chi connectivity index (χ1) is 12.2. The Morgan fingerprint density at radius 1 is 1.16 bits per heavy atom. The molecule has 7 heteroatoms. The number of halogens is 1. The third-order valence-electron chi connectivity index (χ3n) is 5.11. The molecule has 1 saturated heterocycles. The molecule has 4 rings (SSSR count). The average Bonchev–Trinajstić information content (AvgIpc) is 3.28. The predicted molar refractivity (Wildman–Crippen MR) is 108 cm³/mol. The van der Waals surface area contributed by atoms with Gasteiger partial charge in [0.05, 0.1) is 31.1 Å². The first kappa shape index (κ1) is 17.7. The van der Waals surface area contributed by atoms with E-state index in [1.807, 2.05) is 23.0 Å². The molecule has 1 fully saturated rings. The van der Waals surface area contributed by atoms with Crippen molar-refractivity contribution < 1.29 is 9.42 Å². The lowest BCUT2D eigenvalue weighted by Crippen LogP contribution is -3.08. The number of para-hydroxylation sites is 1. The molecule has 0 spiro atoms. The number of nitrogens with one attached hydrogen (secondary N) is 1. The number of hydrazone groups is 1. The number of hydrogen-bond donors (Lipinski definition) is 1. The van der Waals surface area contributed by atoms with E-state index < -0.39 is 6.42 Å². The number of fused-ring (bicyclic) bond motifs is 1. The lowest BCUT2D eigenvalue weighted by Gasteiger charge is -2.30. The second-order valence-electron chi connectivity index (χ2n) is 6.71. The minimum absolute atomic E-state index is 0.454. The molecule has 0 saturated carbocycles. The fraction of sp³-hybridized carbons (Fsp3) is 0.500. The Morgan fingerprint density at radius 2 is 1.92 bits per heavy atom. The summed E-state index contributed by atoms with van der Waals surface area (Å²) in [6.07, 6.45) is 3.45. The maximum Gasteiger partial charge on any atom is 0.213 e. The molecular formula is C18H24ClN3OPS+. The highest BCUT2D eigenvalue weighted by Crippen LogP contribution is 2.66. The molecule has 3 aliphatic rings. The molecule has 1 aromatic carbocycles. The van der Waals surface area contributed by atoms with Crippen LogP contribution in [0.25, 0.3) is 0 Å². The van der Waals surface area contributed by atoms with Crippen molar-refractivity contribution in [2.45, 2.75) is 32.1 Å². The normalized spacial score (nSPS) is 26.9. The van der Waals surface area contributed by atoms with Gasteiger partial charge < -0.3 is 9.42 Å². The Morgan fingerprint density at radius 3 is 2.64 bits per heavy atom. The van der Waals surface area contributed by atoms with Gasteiger partial charge in [-0.05, 0) is 36.8 Å². The highest BCUT2D eigenvalue weighted by molar-refractivity contribution is 8.15. The van der Waals surface area contributed by atoms with Crippen LogP contribution in [0, 0.1) is 0 Å². The molecular weight excluding hydrogens is 373 g/mol. The molecule has 134 valence electrons. The highest BCUT2D eigenvalue weighted by atomic mass is 35.5. The molecule has 0 aromatic heterocycles. The molecule has 1 aromatic rings. The van der Waals surface area contributed by atoms with Gasteiger partial charge in [0.15, 0.2) is 0 Å². The van der Waals surface area contributed by atoms with Crippen LogP contribution in [0.1, 0.15) is 32.1 Å². The second kappa shape index (κ2) is 7.50. The van der Waals surface area contributed by atoms with Gasteiger partial charge in [-0.2, -0.15) is 5.10 Å². The molecule has 25 heavy (non-hydrogen) atoms. The number of rotatable bonds is 5. The van der Waals surface area contributed by atoms with E-state index in [1.165, 1.54) is 36.9 Å². The van der Waals surface area contributed by atoms with Gasteiger partial charge in [-0.15, -0.1) is 11.6 Å². The summed E-state index contributed by atoms with van der Waals surface area (Å²) in [5.74, 6) is 0.454. The van der Waals surface area contributed by atoms with Gasteiger partial charge in [0.25, 0.3) is 0 Å². The number of anilines is 1. The first-order valence-corrected chi connectivity index (χ1v) is 12.3. The van der Waals surface area contributed by atoms with Crippen molar-refractivity contribution in [3.05, 3.63) is 41.3 Å². The van der Waals surface area contributed by atoms with Gasteiger partial charge in [0, 0.05) is 25.1 Å². The van der Waals surface area contributed by atoms with E-state index >= 15 is 0 Å². The van der Waals surface area contributed by atoms with E-state index in [0.29, 0.717) is 12.5 Å².